The number of carbonyl (C=O) groups excluding carboxylic acids is 1. The zero-order valence-corrected chi connectivity index (χ0v) is 9.72. The lowest BCUT2D eigenvalue weighted by molar-refractivity contribution is 0.0792. The Bertz CT molecular complexity index is 313. The van der Waals surface area contributed by atoms with Crippen LogP contribution < -0.4 is 5.73 Å². The summed E-state index contributed by atoms with van der Waals surface area (Å²) in [6.45, 7) is 1.49. The molecule has 4 nitrogen and oxygen atoms in total. The second-order valence-corrected chi connectivity index (χ2v) is 3.82. The van der Waals surface area contributed by atoms with Gasteiger partial charge in [-0.25, -0.2) is 0 Å². The highest BCUT2D eigenvalue weighted by atomic mass is 16.2. The van der Waals surface area contributed by atoms with Crippen molar-refractivity contribution < 1.29 is 4.79 Å². The van der Waals surface area contributed by atoms with Crippen LogP contribution >= 0.6 is 0 Å². The van der Waals surface area contributed by atoms with Gasteiger partial charge in [0.15, 0.2) is 0 Å². The van der Waals surface area contributed by atoms with Gasteiger partial charge in [0.25, 0.3) is 5.91 Å². The summed E-state index contributed by atoms with van der Waals surface area (Å²) >= 11 is 0. The summed E-state index contributed by atoms with van der Waals surface area (Å²) < 4.78 is 0. The highest BCUT2D eigenvalue weighted by Crippen LogP contribution is 2.03. The van der Waals surface area contributed by atoms with Gasteiger partial charge in [0, 0.05) is 26.0 Å². The maximum absolute atomic E-state index is 11.9. The van der Waals surface area contributed by atoms with Crippen molar-refractivity contribution in [1.82, 2.24) is 9.88 Å². The van der Waals surface area contributed by atoms with Crippen LogP contribution in [0.1, 0.15) is 29.6 Å². The van der Waals surface area contributed by atoms with Crippen LogP contribution in [-0.4, -0.2) is 35.9 Å². The normalized spacial score (nSPS) is 10.1. The van der Waals surface area contributed by atoms with E-state index >= 15 is 0 Å². The number of carbonyl (C=O) groups is 1. The van der Waals surface area contributed by atoms with Crippen molar-refractivity contribution in [2.45, 2.75) is 19.3 Å². The molecule has 0 atom stereocenters. The molecule has 0 aliphatic rings. The largest absolute Gasteiger partial charge is 0.342 e. The summed E-state index contributed by atoms with van der Waals surface area (Å²) in [6.07, 6.45) is 6.35. The topological polar surface area (TPSA) is 59.2 Å². The highest BCUT2D eigenvalue weighted by Gasteiger charge is 2.10. The van der Waals surface area contributed by atoms with Crippen molar-refractivity contribution in [3.05, 3.63) is 30.1 Å². The molecule has 1 aromatic rings. The molecule has 0 radical (unpaired) electrons. The third-order valence-corrected chi connectivity index (χ3v) is 2.45. The van der Waals surface area contributed by atoms with Gasteiger partial charge in [-0.2, -0.15) is 0 Å². The Labute approximate surface area is 96.5 Å². The summed E-state index contributed by atoms with van der Waals surface area (Å²) in [7, 11) is 1.82. The standard InChI is InChI=1S/C12H19N3O/c1-15(9-4-2-3-7-13)12(16)11-6-5-8-14-10-11/h5-6,8,10H,2-4,7,9,13H2,1H3. The average Bonchev–Trinajstić information content (AvgIpc) is 2.34. The van der Waals surface area contributed by atoms with Crippen molar-refractivity contribution in [2.24, 2.45) is 5.73 Å². The van der Waals surface area contributed by atoms with Crippen LogP contribution in [0.4, 0.5) is 0 Å². The first kappa shape index (κ1) is 12.6. The molecular formula is C12H19N3O. The molecule has 88 valence electrons. The number of aromatic nitrogens is 1. The van der Waals surface area contributed by atoms with E-state index in [0.29, 0.717) is 5.56 Å². The van der Waals surface area contributed by atoms with Crippen LogP contribution in [0.15, 0.2) is 24.5 Å². The summed E-state index contributed by atoms with van der Waals surface area (Å²) in [5.41, 5.74) is 6.05. The second kappa shape index (κ2) is 6.95. The Morgan fingerprint density at radius 1 is 1.44 bits per heavy atom. The molecule has 4 heteroatoms. The van der Waals surface area contributed by atoms with Gasteiger partial charge in [0.1, 0.15) is 0 Å². The molecule has 1 heterocycles. The first-order valence-corrected chi connectivity index (χ1v) is 5.61. The minimum Gasteiger partial charge on any atom is -0.342 e. The van der Waals surface area contributed by atoms with Gasteiger partial charge in [-0.15, -0.1) is 0 Å². The zero-order valence-electron chi connectivity index (χ0n) is 9.72. The molecule has 0 bridgehead atoms. The molecule has 2 N–H and O–H groups in total. The Morgan fingerprint density at radius 2 is 2.25 bits per heavy atom. The van der Waals surface area contributed by atoms with Crippen LogP contribution in [-0.2, 0) is 0 Å². The summed E-state index contributed by atoms with van der Waals surface area (Å²) in [5.74, 6) is 0.0286. The maximum Gasteiger partial charge on any atom is 0.255 e. The quantitative estimate of drug-likeness (QED) is 0.736. The average molecular weight is 221 g/mol. The monoisotopic (exact) mass is 221 g/mol. The fourth-order valence-electron chi connectivity index (χ4n) is 1.48. The lowest BCUT2D eigenvalue weighted by Gasteiger charge is -2.16. The van der Waals surface area contributed by atoms with Crippen LogP contribution in [0.2, 0.25) is 0 Å². The molecule has 1 rings (SSSR count). The van der Waals surface area contributed by atoms with Crippen LogP contribution in [0.5, 0.6) is 0 Å². The van der Waals surface area contributed by atoms with E-state index in [-0.39, 0.29) is 5.91 Å². The third-order valence-electron chi connectivity index (χ3n) is 2.45. The van der Waals surface area contributed by atoms with Gasteiger partial charge < -0.3 is 10.6 Å². The van der Waals surface area contributed by atoms with Gasteiger partial charge >= 0.3 is 0 Å². The molecule has 1 aromatic heterocycles. The SMILES string of the molecule is CN(CCCCCN)C(=O)c1cccnc1. The fourth-order valence-corrected chi connectivity index (χ4v) is 1.48. The number of hydrogen-bond acceptors (Lipinski definition) is 3. The highest BCUT2D eigenvalue weighted by molar-refractivity contribution is 5.93. The van der Waals surface area contributed by atoms with E-state index in [9.17, 15) is 4.79 Å². The van der Waals surface area contributed by atoms with Gasteiger partial charge in [0.05, 0.1) is 5.56 Å². The lowest BCUT2D eigenvalue weighted by Crippen LogP contribution is -2.27. The molecular weight excluding hydrogens is 202 g/mol. The molecule has 0 saturated heterocycles. The number of nitrogens with zero attached hydrogens (tertiary/aromatic N) is 2. The zero-order chi connectivity index (χ0) is 11.8. The predicted octanol–water partition coefficient (Wildman–Crippen LogP) is 1.28. The van der Waals surface area contributed by atoms with Gasteiger partial charge in [0.2, 0.25) is 0 Å². The number of unbranched alkanes of at least 4 members (excludes halogenated alkanes) is 2. The first-order valence-electron chi connectivity index (χ1n) is 5.61. The summed E-state index contributed by atoms with van der Waals surface area (Å²) in [5, 5.41) is 0. The van der Waals surface area contributed by atoms with Crippen LogP contribution in [0.25, 0.3) is 0 Å². The van der Waals surface area contributed by atoms with E-state index in [1.807, 2.05) is 7.05 Å². The van der Waals surface area contributed by atoms with E-state index in [1.165, 1.54) is 0 Å². The van der Waals surface area contributed by atoms with E-state index < -0.39 is 0 Å². The van der Waals surface area contributed by atoms with Crippen molar-refractivity contribution >= 4 is 5.91 Å². The Kier molecular flexibility index (Phi) is 5.50. The van der Waals surface area contributed by atoms with Gasteiger partial charge in [-0.1, -0.05) is 6.42 Å². The Balaban J connectivity index is 2.37. The number of pyridine rings is 1. The first-order chi connectivity index (χ1) is 7.75. The smallest absolute Gasteiger partial charge is 0.255 e. The number of amides is 1. The Morgan fingerprint density at radius 3 is 2.88 bits per heavy atom. The minimum atomic E-state index is 0.0286. The second-order valence-electron chi connectivity index (χ2n) is 3.82. The molecule has 0 aliphatic carbocycles. The van der Waals surface area contributed by atoms with Gasteiger partial charge in [-0.3, -0.25) is 9.78 Å². The molecule has 16 heavy (non-hydrogen) atoms. The van der Waals surface area contributed by atoms with Crippen molar-refractivity contribution in [2.75, 3.05) is 20.1 Å². The van der Waals surface area contributed by atoms with Crippen molar-refractivity contribution in [3.63, 3.8) is 0 Å². The predicted molar refractivity (Wildman–Crippen MR) is 64.1 cm³/mol. The number of hydrogen-bond donors (Lipinski definition) is 1. The molecule has 0 aliphatic heterocycles. The molecule has 1 amide bonds. The van der Waals surface area contributed by atoms with E-state index in [4.69, 9.17) is 5.73 Å². The number of rotatable bonds is 6. The maximum atomic E-state index is 11.9. The Hall–Kier alpha value is -1.42. The van der Waals surface area contributed by atoms with E-state index in [1.54, 1.807) is 29.4 Å². The summed E-state index contributed by atoms with van der Waals surface area (Å²) in [6, 6.07) is 3.56. The van der Waals surface area contributed by atoms with Crippen molar-refractivity contribution in [3.8, 4) is 0 Å². The minimum absolute atomic E-state index is 0.0286. The van der Waals surface area contributed by atoms with E-state index in [0.717, 1.165) is 32.4 Å². The van der Waals surface area contributed by atoms with Crippen LogP contribution in [0, 0.1) is 0 Å². The van der Waals surface area contributed by atoms with E-state index in [2.05, 4.69) is 4.98 Å². The third kappa shape index (κ3) is 3.98. The molecule has 0 fully saturated rings. The van der Waals surface area contributed by atoms with Gasteiger partial charge in [-0.05, 0) is 31.5 Å². The lowest BCUT2D eigenvalue weighted by atomic mass is 10.2. The summed E-state index contributed by atoms with van der Waals surface area (Å²) in [4.78, 5) is 17.5. The van der Waals surface area contributed by atoms with Crippen molar-refractivity contribution in [1.29, 1.82) is 0 Å². The molecule has 0 unspecified atom stereocenters. The van der Waals surface area contributed by atoms with Crippen LogP contribution in [0.3, 0.4) is 0 Å². The number of nitrogens with two attached hydrogens (primary N) is 1. The molecule has 0 aromatic carbocycles. The molecule has 0 spiro atoms. The fraction of sp³-hybridized carbons (Fsp3) is 0.500. The molecule has 0 saturated carbocycles.